The van der Waals surface area contributed by atoms with E-state index in [0.29, 0.717) is 0 Å². The number of hydroxylamine groups is 2. The summed E-state index contributed by atoms with van der Waals surface area (Å²) in [7, 11) is 0. The Kier molecular flexibility index (Phi) is 7.30. The van der Waals surface area contributed by atoms with Crippen molar-refractivity contribution in [2.24, 2.45) is 0 Å². The maximum absolute atomic E-state index is 13.5. The Morgan fingerprint density at radius 2 is 2.10 bits per heavy atom. The number of alkyl halides is 4. The molecule has 1 aromatic rings. The van der Waals surface area contributed by atoms with Gasteiger partial charge in [-0.25, -0.2) is 9.18 Å². The molecule has 0 saturated heterocycles. The first kappa shape index (κ1) is 18.6. The first-order valence-electron chi connectivity index (χ1n) is 5.89. The molecule has 0 bridgehead atoms. The standard InChI is InChI=1S/C12H13Cl4FN2O2/c1-2-21-19(10(14)12(15,16)7-13)11(20)18-9-6-4-3-5-8(9)17/h3-6,10H,2,7H2,1H3,(H,18,20). The molecular formula is C12H13Cl4FN2O2. The van der Waals surface area contributed by atoms with Crippen LogP contribution in [0, 0.1) is 5.82 Å². The summed E-state index contributed by atoms with van der Waals surface area (Å²) in [6.07, 6.45) is 0. The average Bonchev–Trinajstić information content (AvgIpc) is 2.46. The minimum absolute atomic E-state index is 0.0308. The van der Waals surface area contributed by atoms with Gasteiger partial charge in [0.2, 0.25) is 0 Å². The molecular weight excluding hydrogens is 365 g/mol. The molecule has 0 aliphatic heterocycles. The molecule has 1 N–H and O–H groups in total. The van der Waals surface area contributed by atoms with Gasteiger partial charge in [-0.3, -0.25) is 4.84 Å². The lowest BCUT2D eigenvalue weighted by Crippen LogP contribution is -2.48. The predicted molar refractivity (Wildman–Crippen MR) is 83.7 cm³/mol. The number of rotatable bonds is 6. The SMILES string of the molecule is CCON(C(=O)Nc1ccccc1F)C(Cl)C(Cl)(Cl)CCl. The lowest BCUT2D eigenvalue weighted by Gasteiger charge is -2.32. The maximum Gasteiger partial charge on any atom is 0.347 e. The Labute approximate surface area is 142 Å². The Hall–Kier alpha value is -0.460. The molecule has 0 spiro atoms. The van der Waals surface area contributed by atoms with Crippen LogP contribution in [-0.2, 0) is 4.84 Å². The number of hydrogen-bond acceptors (Lipinski definition) is 2. The highest BCUT2D eigenvalue weighted by Crippen LogP contribution is 2.33. The van der Waals surface area contributed by atoms with Crippen LogP contribution in [0.25, 0.3) is 0 Å². The van der Waals surface area contributed by atoms with Crippen molar-refractivity contribution in [3.63, 3.8) is 0 Å². The number of nitrogens with zero attached hydrogens (tertiary/aromatic N) is 1. The van der Waals surface area contributed by atoms with E-state index < -0.39 is 21.7 Å². The zero-order chi connectivity index (χ0) is 16.0. The van der Waals surface area contributed by atoms with E-state index in [1.54, 1.807) is 13.0 Å². The van der Waals surface area contributed by atoms with Gasteiger partial charge in [0.1, 0.15) is 5.82 Å². The normalized spacial score (nSPS) is 12.9. The summed E-state index contributed by atoms with van der Waals surface area (Å²) < 4.78 is 11.9. The van der Waals surface area contributed by atoms with Crippen molar-refractivity contribution in [2.75, 3.05) is 17.8 Å². The highest BCUT2D eigenvalue weighted by atomic mass is 35.5. The minimum atomic E-state index is -1.63. The topological polar surface area (TPSA) is 41.6 Å². The minimum Gasteiger partial charge on any atom is -0.303 e. The van der Waals surface area contributed by atoms with Gasteiger partial charge in [0, 0.05) is 0 Å². The van der Waals surface area contributed by atoms with Crippen molar-refractivity contribution in [1.82, 2.24) is 5.06 Å². The predicted octanol–water partition coefficient (Wildman–Crippen LogP) is 4.59. The number of amides is 2. The van der Waals surface area contributed by atoms with Gasteiger partial charge >= 0.3 is 6.03 Å². The van der Waals surface area contributed by atoms with Gasteiger partial charge in [0.25, 0.3) is 0 Å². The van der Waals surface area contributed by atoms with Crippen LogP contribution in [0.5, 0.6) is 0 Å². The molecule has 4 nitrogen and oxygen atoms in total. The van der Waals surface area contributed by atoms with Gasteiger partial charge in [-0.15, -0.1) is 11.6 Å². The third-order valence-corrected chi connectivity index (χ3v) is 4.47. The monoisotopic (exact) mass is 376 g/mol. The van der Waals surface area contributed by atoms with Crippen molar-refractivity contribution in [3.05, 3.63) is 30.1 Å². The summed E-state index contributed by atoms with van der Waals surface area (Å²) in [6, 6.07) is 4.82. The van der Waals surface area contributed by atoms with E-state index in [0.717, 1.165) is 5.06 Å². The molecule has 0 saturated carbocycles. The van der Waals surface area contributed by atoms with Crippen LogP contribution >= 0.6 is 46.4 Å². The van der Waals surface area contributed by atoms with E-state index in [1.165, 1.54) is 18.2 Å². The summed E-state index contributed by atoms with van der Waals surface area (Å²) >= 11 is 23.4. The van der Waals surface area contributed by atoms with Crippen molar-refractivity contribution in [2.45, 2.75) is 16.8 Å². The summed E-state index contributed by atoms with van der Waals surface area (Å²) in [5.74, 6) is -0.838. The highest BCUT2D eigenvalue weighted by Gasteiger charge is 2.40. The molecule has 1 unspecified atom stereocenters. The summed E-state index contributed by atoms with van der Waals surface area (Å²) in [4.78, 5) is 17.2. The van der Waals surface area contributed by atoms with Gasteiger partial charge in [0.05, 0.1) is 18.2 Å². The third-order valence-electron chi connectivity index (χ3n) is 2.32. The molecule has 118 valence electrons. The molecule has 1 rings (SSSR count). The Balaban J connectivity index is 2.90. The van der Waals surface area contributed by atoms with E-state index in [-0.39, 0.29) is 18.2 Å². The van der Waals surface area contributed by atoms with Crippen LogP contribution < -0.4 is 5.32 Å². The van der Waals surface area contributed by atoms with Crippen LogP contribution in [0.4, 0.5) is 14.9 Å². The molecule has 9 heteroatoms. The number of urea groups is 1. The number of hydrogen-bond donors (Lipinski definition) is 1. The van der Waals surface area contributed by atoms with Crippen molar-refractivity contribution in [3.8, 4) is 0 Å². The largest absolute Gasteiger partial charge is 0.347 e. The van der Waals surface area contributed by atoms with Crippen LogP contribution in [0.1, 0.15) is 6.92 Å². The van der Waals surface area contributed by atoms with E-state index in [1.807, 2.05) is 0 Å². The molecule has 0 aromatic heterocycles. The van der Waals surface area contributed by atoms with Crippen LogP contribution in [0.3, 0.4) is 0 Å². The van der Waals surface area contributed by atoms with Crippen LogP contribution in [0.2, 0.25) is 0 Å². The fourth-order valence-electron chi connectivity index (χ4n) is 1.33. The summed E-state index contributed by atoms with van der Waals surface area (Å²) in [5, 5.41) is 3.03. The van der Waals surface area contributed by atoms with Gasteiger partial charge in [0.15, 0.2) is 9.83 Å². The first-order chi connectivity index (χ1) is 9.83. The zero-order valence-electron chi connectivity index (χ0n) is 11.0. The molecule has 1 aromatic carbocycles. The number of nitrogens with one attached hydrogen (secondary N) is 1. The van der Waals surface area contributed by atoms with Gasteiger partial charge in [-0.1, -0.05) is 46.9 Å². The molecule has 0 radical (unpaired) electrons. The first-order valence-corrected chi connectivity index (χ1v) is 7.61. The van der Waals surface area contributed by atoms with Gasteiger partial charge in [-0.2, -0.15) is 5.06 Å². The maximum atomic E-state index is 13.5. The molecule has 21 heavy (non-hydrogen) atoms. The van der Waals surface area contributed by atoms with E-state index in [2.05, 4.69) is 5.32 Å². The molecule has 0 heterocycles. The number of benzene rings is 1. The summed E-state index contributed by atoms with van der Waals surface area (Å²) in [6.45, 7) is 1.76. The molecule has 0 fully saturated rings. The van der Waals surface area contributed by atoms with Crippen LogP contribution in [-0.4, -0.2) is 33.4 Å². The third kappa shape index (κ3) is 5.04. The Morgan fingerprint density at radius 1 is 1.48 bits per heavy atom. The molecule has 1 atom stereocenters. The number of anilines is 1. The fraction of sp³-hybridized carbons (Fsp3) is 0.417. The van der Waals surface area contributed by atoms with Crippen molar-refractivity contribution >= 4 is 58.1 Å². The van der Waals surface area contributed by atoms with Crippen molar-refractivity contribution in [1.29, 1.82) is 0 Å². The quantitative estimate of drug-likeness (QED) is 0.447. The van der Waals surface area contributed by atoms with Gasteiger partial charge in [-0.05, 0) is 19.1 Å². The Morgan fingerprint density at radius 3 is 2.62 bits per heavy atom. The van der Waals surface area contributed by atoms with E-state index in [4.69, 9.17) is 51.2 Å². The number of halogens is 5. The van der Waals surface area contributed by atoms with Crippen LogP contribution in [0.15, 0.2) is 24.3 Å². The molecule has 0 aliphatic rings. The van der Waals surface area contributed by atoms with E-state index in [9.17, 15) is 9.18 Å². The van der Waals surface area contributed by atoms with E-state index >= 15 is 0 Å². The second-order valence-corrected chi connectivity index (χ2v) is 6.11. The number of carbonyl (C=O) groups excluding carboxylic acids is 1. The van der Waals surface area contributed by atoms with Crippen molar-refractivity contribution < 1.29 is 14.0 Å². The molecule has 0 aliphatic carbocycles. The number of carbonyl (C=O) groups is 1. The average molecular weight is 378 g/mol. The molecule has 2 amide bonds. The Bertz CT molecular complexity index is 490. The number of para-hydroxylation sites is 1. The fourth-order valence-corrected chi connectivity index (χ4v) is 1.96. The second kappa shape index (κ2) is 8.25. The second-order valence-electron chi connectivity index (χ2n) is 3.88. The summed E-state index contributed by atoms with van der Waals surface area (Å²) in [5.41, 5.74) is -1.30. The highest BCUT2D eigenvalue weighted by molar-refractivity contribution is 6.55. The lowest BCUT2D eigenvalue weighted by molar-refractivity contribution is -0.119. The van der Waals surface area contributed by atoms with Gasteiger partial charge < -0.3 is 5.32 Å². The zero-order valence-corrected chi connectivity index (χ0v) is 14.0. The lowest BCUT2D eigenvalue weighted by atomic mass is 10.3. The smallest absolute Gasteiger partial charge is 0.303 e.